The first-order valence-corrected chi connectivity index (χ1v) is 15.8. The van der Waals surface area contributed by atoms with E-state index in [4.69, 9.17) is 0 Å². The van der Waals surface area contributed by atoms with E-state index in [2.05, 4.69) is 10.0 Å². The number of carbonyl (C=O) groups is 1. The lowest BCUT2D eigenvalue weighted by Gasteiger charge is -2.28. The van der Waals surface area contributed by atoms with Gasteiger partial charge in [0.15, 0.2) is 0 Å². The van der Waals surface area contributed by atoms with Crippen LogP contribution in [0.15, 0.2) is 78.9 Å². The van der Waals surface area contributed by atoms with Crippen LogP contribution in [0.1, 0.15) is 42.2 Å². The number of anilines is 1. The fourth-order valence-electron chi connectivity index (χ4n) is 5.08. The molecule has 43 heavy (non-hydrogen) atoms. The standard InChI is InChI=1S/C33H39N3O6S/c1-33(2,34-20-31(39)25-11-14-30(38)29(18-25)35-43(4,41)42)19-23-8-5-7-22(15-23)16-32(40)36(3)21-26-10-6-9-24-17-27(37)12-13-28(24)26/h5-15,17-18,31,34-35,37-39H,16,19-21H2,1-4H3/t31-/m0/s1. The van der Waals surface area contributed by atoms with Crippen molar-refractivity contribution in [2.45, 2.75) is 44.9 Å². The molecular weight excluding hydrogens is 566 g/mol. The summed E-state index contributed by atoms with van der Waals surface area (Å²) < 4.78 is 25.4. The molecule has 10 heteroatoms. The molecule has 0 fully saturated rings. The predicted molar refractivity (Wildman–Crippen MR) is 170 cm³/mol. The van der Waals surface area contributed by atoms with Crippen molar-refractivity contribution in [3.8, 4) is 11.5 Å². The van der Waals surface area contributed by atoms with E-state index in [-0.39, 0.29) is 36.1 Å². The molecule has 0 aliphatic heterocycles. The average molecular weight is 606 g/mol. The number of likely N-dealkylation sites (N-methyl/N-ethyl adjacent to an activating group) is 1. The third kappa shape index (κ3) is 8.93. The molecule has 1 amide bonds. The second kappa shape index (κ2) is 13.0. The Morgan fingerprint density at radius 3 is 2.42 bits per heavy atom. The van der Waals surface area contributed by atoms with Gasteiger partial charge in [-0.05, 0) is 77.6 Å². The normalized spacial score (nSPS) is 12.7. The van der Waals surface area contributed by atoms with E-state index >= 15 is 0 Å². The molecule has 228 valence electrons. The van der Waals surface area contributed by atoms with Gasteiger partial charge in [-0.2, -0.15) is 0 Å². The summed E-state index contributed by atoms with van der Waals surface area (Å²) in [6.07, 6.45) is 0.944. The number of aliphatic hydroxyl groups excluding tert-OH is 1. The Bertz CT molecular complexity index is 1720. The average Bonchev–Trinajstić information content (AvgIpc) is 2.92. The molecule has 0 saturated carbocycles. The summed E-state index contributed by atoms with van der Waals surface area (Å²) in [5.41, 5.74) is 3.01. The van der Waals surface area contributed by atoms with Crippen LogP contribution in [0.3, 0.4) is 0 Å². The molecule has 0 saturated heterocycles. The van der Waals surface area contributed by atoms with Crippen LogP contribution in [-0.4, -0.2) is 59.9 Å². The Kier molecular flexibility index (Phi) is 9.64. The number of nitrogens with zero attached hydrogens (tertiary/aromatic N) is 1. The van der Waals surface area contributed by atoms with Gasteiger partial charge in [0.05, 0.1) is 24.5 Å². The van der Waals surface area contributed by atoms with Crippen molar-refractivity contribution >= 4 is 32.4 Å². The lowest BCUT2D eigenvalue weighted by molar-refractivity contribution is -0.129. The molecule has 0 unspecified atom stereocenters. The van der Waals surface area contributed by atoms with Crippen molar-refractivity contribution in [1.82, 2.24) is 10.2 Å². The molecule has 4 aromatic rings. The van der Waals surface area contributed by atoms with Gasteiger partial charge >= 0.3 is 0 Å². The van der Waals surface area contributed by atoms with Crippen LogP contribution in [0.2, 0.25) is 0 Å². The minimum absolute atomic E-state index is 0.00715. The first-order chi connectivity index (χ1) is 20.2. The SMILES string of the molecule is CN(Cc1cccc2cc(O)ccc12)C(=O)Cc1cccc(CC(C)(C)NC[C@H](O)c2ccc(O)c(NS(C)(=O)=O)c2)c1. The van der Waals surface area contributed by atoms with E-state index in [1.165, 1.54) is 12.1 Å². The van der Waals surface area contributed by atoms with Gasteiger partial charge in [0.25, 0.3) is 0 Å². The van der Waals surface area contributed by atoms with E-state index in [0.717, 1.165) is 33.7 Å². The van der Waals surface area contributed by atoms with Crippen molar-refractivity contribution in [2.75, 3.05) is 24.6 Å². The number of amides is 1. The second-order valence-electron chi connectivity index (χ2n) is 11.7. The maximum absolute atomic E-state index is 13.1. The monoisotopic (exact) mass is 605 g/mol. The highest BCUT2D eigenvalue weighted by Gasteiger charge is 2.21. The molecule has 0 aliphatic carbocycles. The Balaban J connectivity index is 1.35. The maximum Gasteiger partial charge on any atom is 0.229 e. The minimum atomic E-state index is -3.59. The van der Waals surface area contributed by atoms with Gasteiger partial charge in [-0.15, -0.1) is 0 Å². The van der Waals surface area contributed by atoms with Crippen LogP contribution >= 0.6 is 0 Å². The molecule has 0 spiro atoms. The minimum Gasteiger partial charge on any atom is -0.508 e. The summed E-state index contributed by atoms with van der Waals surface area (Å²) in [5.74, 6) is -0.0278. The zero-order valence-corrected chi connectivity index (χ0v) is 25.6. The summed E-state index contributed by atoms with van der Waals surface area (Å²) in [7, 11) is -1.80. The van der Waals surface area contributed by atoms with E-state index in [1.54, 1.807) is 30.1 Å². The molecule has 0 radical (unpaired) electrons. The number of nitrogens with one attached hydrogen (secondary N) is 2. The number of phenols is 2. The van der Waals surface area contributed by atoms with Gasteiger partial charge in [0, 0.05) is 25.7 Å². The Labute approximate surface area is 252 Å². The van der Waals surface area contributed by atoms with Crippen molar-refractivity contribution < 1.29 is 28.5 Å². The van der Waals surface area contributed by atoms with Crippen LogP contribution in [-0.2, 0) is 34.2 Å². The lowest BCUT2D eigenvalue weighted by Crippen LogP contribution is -2.43. The molecular formula is C33H39N3O6S. The summed E-state index contributed by atoms with van der Waals surface area (Å²) in [6.45, 7) is 4.69. The number of aliphatic hydroxyl groups is 1. The van der Waals surface area contributed by atoms with Crippen molar-refractivity contribution in [3.05, 3.63) is 101 Å². The van der Waals surface area contributed by atoms with Gasteiger partial charge < -0.3 is 25.5 Å². The third-order valence-corrected chi connectivity index (χ3v) is 7.85. The molecule has 0 aromatic heterocycles. The number of fused-ring (bicyclic) bond motifs is 1. The molecule has 5 N–H and O–H groups in total. The van der Waals surface area contributed by atoms with Crippen LogP contribution in [0.25, 0.3) is 10.8 Å². The predicted octanol–water partition coefficient (Wildman–Crippen LogP) is 4.47. The van der Waals surface area contributed by atoms with Gasteiger partial charge in [0.2, 0.25) is 15.9 Å². The number of hydrogen-bond acceptors (Lipinski definition) is 7. The first-order valence-electron chi connectivity index (χ1n) is 14.0. The van der Waals surface area contributed by atoms with Crippen LogP contribution < -0.4 is 10.0 Å². The Morgan fingerprint density at radius 2 is 1.67 bits per heavy atom. The molecule has 0 heterocycles. The van der Waals surface area contributed by atoms with E-state index in [0.29, 0.717) is 18.5 Å². The first kappa shape index (κ1) is 31.8. The third-order valence-electron chi connectivity index (χ3n) is 7.26. The van der Waals surface area contributed by atoms with Gasteiger partial charge in [0.1, 0.15) is 11.5 Å². The van der Waals surface area contributed by atoms with Crippen molar-refractivity contribution in [3.63, 3.8) is 0 Å². The second-order valence-corrected chi connectivity index (χ2v) is 13.4. The molecule has 9 nitrogen and oxygen atoms in total. The summed E-state index contributed by atoms with van der Waals surface area (Å²) in [4.78, 5) is 14.8. The quantitative estimate of drug-likeness (QED) is 0.150. The van der Waals surface area contributed by atoms with Crippen molar-refractivity contribution in [1.29, 1.82) is 0 Å². The number of phenolic OH excluding ortho intramolecular Hbond substituents is 2. The van der Waals surface area contributed by atoms with Crippen molar-refractivity contribution in [2.24, 2.45) is 0 Å². The van der Waals surface area contributed by atoms with Crippen LogP contribution in [0, 0.1) is 0 Å². The number of sulfonamides is 1. The van der Waals surface area contributed by atoms with Gasteiger partial charge in [-0.25, -0.2) is 8.42 Å². The van der Waals surface area contributed by atoms with Gasteiger partial charge in [-0.3, -0.25) is 9.52 Å². The zero-order valence-electron chi connectivity index (χ0n) is 24.8. The smallest absolute Gasteiger partial charge is 0.229 e. The molecule has 1 atom stereocenters. The maximum atomic E-state index is 13.1. The van der Waals surface area contributed by atoms with E-state index in [1.807, 2.05) is 62.4 Å². The highest BCUT2D eigenvalue weighted by molar-refractivity contribution is 7.92. The largest absolute Gasteiger partial charge is 0.508 e. The Morgan fingerprint density at radius 1 is 0.953 bits per heavy atom. The Hall–Kier alpha value is -4.12. The summed E-state index contributed by atoms with van der Waals surface area (Å²) >= 11 is 0. The molecule has 4 aromatic carbocycles. The number of rotatable bonds is 12. The molecule has 4 rings (SSSR count). The fourth-order valence-corrected chi connectivity index (χ4v) is 5.65. The lowest BCUT2D eigenvalue weighted by atomic mass is 9.93. The zero-order chi connectivity index (χ0) is 31.4. The number of β-amino-alcohol motifs (C(OH)–C–C–N with tert-alkyl or cyclic N) is 1. The molecule has 0 bridgehead atoms. The summed E-state index contributed by atoms with van der Waals surface area (Å²) in [5, 5.41) is 35.8. The highest BCUT2D eigenvalue weighted by atomic mass is 32.2. The number of carbonyl (C=O) groups excluding carboxylic acids is 1. The number of benzene rings is 4. The number of aromatic hydroxyl groups is 2. The topological polar surface area (TPSA) is 139 Å². The van der Waals surface area contributed by atoms with Crippen LogP contribution in [0.5, 0.6) is 11.5 Å². The number of hydrogen-bond donors (Lipinski definition) is 5. The highest BCUT2D eigenvalue weighted by Crippen LogP contribution is 2.28. The van der Waals surface area contributed by atoms with Gasteiger partial charge in [-0.1, -0.05) is 54.6 Å². The molecule has 0 aliphatic rings. The summed E-state index contributed by atoms with van der Waals surface area (Å²) in [6, 6.07) is 23.3. The van der Waals surface area contributed by atoms with E-state index < -0.39 is 21.7 Å². The van der Waals surface area contributed by atoms with E-state index in [9.17, 15) is 28.5 Å². The fraction of sp³-hybridized carbons (Fsp3) is 0.303. The van der Waals surface area contributed by atoms with Crippen LogP contribution in [0.4, 0.5) is 5.69 Å².